The van der Waals surface area contributed by atoms with Gasteiger partial charge in [-0.3, -0.25) is 9.69 Å². The Morgan fingerprint density at radius 2 is 1.93 bits per heavy atom. The fourth-order valence-electron chi connectivity index (χ4n) is 4.55. The number of carbonyl (C=O) groups is 1. The van der Waals surface area contributed by atoms with E-state index in [1.54, 1.807) is 6.33 Å². The highest BCUT2D eigenvalue weighted by atomic mass is 16.5. The van der Waals surface area contributed by atoms with Crippen LogP contribution in [-0.4, -0.2) is 33.9 Å². The van der Waals surface area contributed by atoms with Gasteiger partial charge in [0.2, 0.25) is 5.91 Å². The van der Waals surface area contributed by atoms with Crippen molar-refractivity contribution in [3.05, 3.63) is 83.9 Å². The summed E-state index contributed by atoms with van der Waals surface area (Å²) in [5.41, 5.74) is 3.96. The van der Waals surface area contributed by atoms with Crippen LogP contribution >= 0.6 is 0 Å². The Morgan fingerprint density at radius 3 is 2.90 bits per heavy atom. The highest BCUT2D eigenvalue weighted by Crippen LogP contribution is 2.36. The molecule has 0 saturated heterocycles. The molecule has 0 saturated carbocycles. The highest BCUT2D eigenvalue weighted by Gasteiger charge is 2.32. The van der Waals surface area contributed by atoms with Gasteiger partial charge in [-0.2, -0.15) is 0 Å². The molecule has 4 aromatic rings. The molecule has 1 amide bonds. The van der Waals surface area contributed by atoms with Gasteiger partial charge in [0.25, 0.3) is 0 Å². The van der Waals surface area contributed by atoms with E-state index in [1.165, 1.54) is 0 Å². The predicted octanol–water partition coefficient (Wildman–Crippen LogP) is 4.25. The number of nitrogens with one attached hydrogen (secondary N) is 2. The monoisotopic (exact) mass is 396 g/mol. The van der Waals surface area contributed by atoms with E-state index in [-0.39, 0.29) is 18.5 Å². The number of fused-ring (bicyclic) bond motifs is 7. The summed E-state index contributed by atoms with van der Waals surface area (Å²) >= 11 is 0. The lowest BCUT2D eigenvalue weighted by atomic mass is 9.95. The van der Waals surface area contributed by atoms with Gasteiger partial charge < -0.3 is 15.0 Å². The molecule has 30 heavy (non-hydrogen) atoms. The van der Waals surface area contributed by atoms with Gasteiger partial charge in [0.15, 0.2) is 0 Å². The van der Waals surface area contributed by atoms with Gasteiger partial charge in [-0.15, -0.1) is 0 Å². The number of imidazole rings is 1. The number of hydrogen-bond acceptors (Lipinski definition) is 4. The smallest absolute Gasteiger partial charge is 0.238 e. The largest absolute Gasteiger partial charge is 0.457 e. The Labute approximate surface area is 173 Å². The van der Waals surface area contributed by atoms with Gasteiger partial charge >= 0.3 is 0 Å². The molecule has 6 heteroatoms. The van der Waals surface area contributed by atoms with Crippen molar-refractivity contribution < 1.29 is 9.53 Å². The molecule has 6 nitrogen and oxygen atoms in total. The number of benzene rings is 3. The first kappa shape index (κ1) is 17.2. The molecular weight excluding hydrogens is 376 g/mol. The molecule has 1 atom stereocenters. The number of aromatic nitrogens is 2. The molecule has 3 aromatic carbocycles. The number of anilines is 1. The molecule has 0 aliphatic carbocycles. The highest BCUT2D eigenvalue weighted by molar-refractivity contribution is 6.03. The number of H-pyrrole nitrogens is 1. The number of nitrogens with zero attached hydrogens (tertiary/aromatic N) is 2. The van der Waals surface area contributed by atoms with Crippen LogP contribution < -0.4 is 10.1 Å². The molecule has 2 N–H and O–H groups in total. The molecule has 148 valence electrons. The second-order valence-corrected chi connectivity index (χ2v) is 7.80. The number of hydrogen-bond donors (Lipinski definition) is 2. The maximum Gasteiger partial charge on any atom is 0.238 e. The zero-order valence-electron chi connectivity index (χ0n) is 16.3. The van der Waals surface area contributed by atoms with Crippen molar-refractivity contribution in [2.75, 3.05) is 18.4 Å². The van der Waals surface area contributed by atoms with E-state index in [0.717, 1.165) is 57.9 Å². The normalized spacial score (nSPS) is 18.4. The van der Waals surface area contributed by atoms with E-state index < -0.39 is 0 Å². The molecule has 0 radical (unpaired) electrons. The predicted molar refractivity (Wildman–Crippen MR) is 115 cm³/mol. The lowest BCUT2D eigenvalue weighted by Gasteiger charge is -2.34. The van der Waals surface area contributed by atoms with E-state index in [1.807, 2.05) is 54.6 Å². The standard InChI is InChI=1S/C24H20N4O2/c29-22-13-28-10-9-21-23(26-14-25-21)24(28)16-4-1-5-17(11-16)30-18-8-7-15-3-2-6-20(27-22)19(15)12-18/h1-8,11-12,14,24H,9-10,13H2,(H,25,26)(H,27,29). The summed E-state index contributed by atoms with van der Waals surface area (Å²) in [6.45, 7) is 1.06. The fourth-order valence-corrected chi connectivity index (χ4v) is 4.55. The van der Waals surface area contributed by atoms with Crippen molar-refractivity contribution >= 4 is 22.4 Å². The Morgan fingerprint density at radius 1 is 1.03 bits per heavy atom. The van der Waals surface area contributed by atoms with Crippen LogP contribution in [0.3, 0.4) is 0 Å². The molecule has 4 bridgehead atoms. The lowest BCUT2D eigenvalue weighted by molar-refractivity contribution is -0.117. The summed E-state index contributed by atoms with van der Waals surface area (Å²) in [7, 11) is 0. The molecule has 0 fully saturated rings. The van der Waals surface area contributed by atoms with E-state index in [2.05, 4.69) is 26.3 Å². The molecule has 1 aromatic heterocycles. The van der Waals surface area contributed by atoms with Crippen molar-refractivity contribution in [1.29, 1.82) is 0 Å². The summed E-state index contributed by atoms with van der Waals surface area (Å²) in [6.07, 6.45) is 2.58. The summed E-state index contributed by atoms with van der Waals surface area (Å²) in [5.74, 6) is 1.47. The lowest BCUT2D eigenvalue weighted by Crippen LogP contribution is -2.41. The van der Waals surface area contributed by atoms with Gasteiger partial charge in [-0.25, -0.2) is 4.98 Å². The first-order valence-electron chi connectivity index (χ1n) is 10.1. The van der Waals surface area contributed by atoms with Crippen molar-refractivity contribution in [2.24, 2.45) is 0 Å². The Balaban J connectivity index is 1.52. The number of amides is 1. The van der Waals surface area contributed by atoms with Crippen LogP contribution in [0.1, 0.15) is 23.0 Å². The maximum absolute atomic E-state index is 13.0. The summed E-state index contributed by atoms with van der Waals surface area (Å²) in [6, 6.07) is 19.9. The van der Waals surface area contributed by atoms with E-state index in [9.17, 15) is 4.79 Å². The Kier molecular flexibility index (Phi) is 3.86. The van der Waals surface area contributed by atoms with Crippen LogP contribution in [0.25, 0.3) is 10.8 Å². The van der Waals surface area contributed by atoms with Gasteiger partial charge in [0.1, 0.15) is 11.5 Å². The molecule has 1 unspecified atom stereocenters. The van der Waals surface area contributed by atoms with Crippen molar-refractivity contribution in [3.8, 4) is 11.5 Å². The molecule has 0 spiro atoms. The second-order valence-electron chi connectivity index (χ2n) is 7.80. The van der Waals surface area contributed by atoms with Crippen LogP contribution in [0, 0.1) is 0 Å². The topological polar surface area (TPSA) is 70.2 Å². The third kappa shape index (κ3) is 2.84. The first-order valence-corrected chi connectivity index (χ1v) is 10.1. The number of rotatable bonds is 0. The van der Waals surface area contributed by atoms with E-state index in [4.69, 9.17) is 4.74 Å². The molecule has 2 aliphatic rings. The quantitative estimate of drug-likeness (QED) is 0.466. The summed E-state index contributed by atoms with van der Waals surface area (Å²) < 4.78 is 6.21. The third-order valence-corrected chi connectivity index (χ3v) is 5.91. The van der Waals surface area contributed by atoms with Gasteiger partial charge in [0, 0.05) is 29.7 Å². The molecule has 3 heterocycles. The SMILES string of the molecule is O=C1CN2CCc3[nH]cnc3C2c2cccc(c2)Oc2ccc3cccc(c3c2)N1. The van der Waals surface area contributed by atoms with Gasteiger partial charge in [0.05, 0.1) is 24.6 Å². The molecule has 6 rings (SSSR count). The average Bonchev–Trinajstić information content (AvgIpc) is 3.22. The van der Waals surface area contributed by atoms with E-state index >= 15 is 0 Å². The maximum atomic E-state index is 13.0. The molecular formula is C24H20N4O2. The van der Waals surface area contributed by atoms with Crippen molar-refractivity contribution in [1.82, 2.24) is 14.9 Å². The van der Waals surface area contributed by atoms with Crippen molar-refractivity contribution in [2.45, 2.75) is 12.5 Å². The fraction of sp³-hybridized carbons (Fsp3) is 0.167. The Bertz CT molecular complexity index is 1280. The first-order chi connectivity index (χ1) is 14.7. The summed E-state index contributed by atoms with van der Waals surface area (Å²) in [5, 5.41) is 5.13. The zero-order chi connectivity index (χ0) is 20.1. The summed E-state index contributed by atoms with van der Waals surface area (Å²) in [4.78, 5) is 23.1. The van der Waals surface area contributed by atoms with Crippen LogP contribution in [0.15, 0.2) is 67.0 Å². The third-order valence-electron chi connectivity index (χ3n) is 5.91. The van der Waals surface area contributed by atoms with Gasteiger partial charge in [-0.05, 0) is 41.3 Å². The van der Waals surface area contributed by atoms with E-state index in [0.29, 0.717) is 0 Å². The van der Waals surface area contributed by atoms with Crippen molar-refractivity contribution in [3.63, 3.8) is 0 Å². The van der Waals surface area contributed by atoms with Crippen LogP contribution in [0.5, 0.6) is 11.5 Å². The minimum Gasteiger partial charge on any atom is -0.457 e. The van der Waals surface area contributed by atoms with Crippen LogP contribution in [-0.2, 0) is 11.2 Å². The van der Waals surface area contributed by atoms with Gasteiger partial charge in [-0.1, -0.05) is 30.3 Å². The number of ether oxygens (including phenoxy) is 1. The van der Waals surface area contributed by atoms with Crippen LogP contribution in [0.2, 0.25) is 0 Å². The molecule has 2 aliphatic heterocycles. The number of carbonyl (C=O) groups excluding carboxylic acids is 1. The average molecular weight is 396 g/mol. The zero-order valence-corrected chi connectivity index (χ0v) is 16.3. The van der Waals surface area contributed by atoms with Crippen LogP contribution in [0.4, 0.5) is 5.69 Å². The minimum absolute atomic E-state index is 0.0341. The minimum atomic E-state index is -0.103. The second kappa shape index (κ2) is 6.71. The number of aromatic amines is 1. The Hall–Kier alpha value is -3.64.